The zero-order chi connectivity index (χ0) is 10.5. The first-order valence-electron chi connectivity index (χ1n) is 4.61. The molecule has 0 radical (unpaired) electrons. The van der Waals surface area contributed by atoms with Crippen molar-refractivity contribution in [1.82, 2.24) is 10.5 Å². The highest BCUT2D eigenvalue weighted by molar-refractivity contribution is 7.13. The first-order chi connectivity index (χ1) is 7.38. The van der Waals surface area contributed by atoms with Gasteiger partial charge in [-0.2, -0.15) is 0 Å². The second-order valence-corrected chi connectivity index (χ2v) is 4.15. The highest BCUT2D eigenvalue weighted by atomic mass is 32.1. The number of hydrogen-bond acceptors (Lipinski definition) is 5. The minimum Gasteiger partial charge on any atom is -0.487 e. The van der Waals surface area contributed by atoms with Gasteiger partial charge in [-0.15, -0.1) is 11.3 Å². The Morgan fingerprint density at radius 2 is 2.33 bits per heavy atom. The van der Waals surface area contributed by atoms with Crippen LogP contribution in [0, 0.1) is 0 Å². The van der Waals surface area contributed by atoms with Crippen LogP contribution in [0.2, 0.25) is 0 Å². The molecule has 80 valence electrons. The average molecular weight is 224 g/mol. The Hall–Kier alpha value is -1.33. The van der Waals surface area contributed by atoms with Crippen LogP contribution in [0.3, 0.4) is 0 Å². The van der Waals surface area contributed by atoms with Gasteiger partial charge in [-0.25, -0.2) is 0 Å². The molecule has 0 aliphatic carbocycles. The topological polar surface area (TPSA) is 47.3 Å². The van der Waals surface area contributed by atoms with Crippen molar-refractivity contribution in [2.75, 3.05) is 7.11 Å². The first-order valence-corrected chi connectivity index (χ1v) is 5.43. The van der Waals surface area contributed by atoms with Gasteiger partial charge in [-0.05, 0) is 12.1 Å². The molecule has 0 saturated carbocycles. The van der Waals surface area contributed by atoms with Crippen molar-refractivity contribution in [3.05, 3.63) is 35.0 Å². The first kappa shape index (κ1) is 10.2. The van der Waals surface area contributed by atoms with Gasteiger partial charge in [0.2, 0.25) is 0 Å². The Balaban J connectivity index is 1.78. The second-order valence-electron chi connectivity index (χ2n) is 3.02. The van der Waals surface area contributed by atoms with Crippen LogP contribution in [-0.4, -0.2) is 12.3 Å². The van der Waals surface area contributed by atoms with Gasteiger partial charge in [0.1, 0.15) is 6.26 Å². The molecule has 0 aliphatic heterocycles. The zero-order valence-corrected chi connectivity index (χ0v) is 9.21. The Bertz CT molecular complexity index is 397. The maximum atomic E-state index is 5.11. The highest BCUT2D eigenvalue weighted by Gasteiger charge is 2.00. The minimum absolute atomic E-state index is 0.719. The van der Waals surface area contributed by atoms with Crippen LogP contribution < -0.4 is 10.1 Å². The van der Waals surface area contributed by atoms with Crippen molar-refractivity contribution >= 4 is 11.3 Å². The smallest absolute Gasteiger partial charge is 0.173 e. The molecule has 0 aromatic carbocycles. The van der Waals surface area contributed by atoms with Gasteiger partial charge < -0.3 is 14.6 Å². The van der Waals surface area contributed by atoms with E-state index in [1.54, 1.807) is 24.7 Å². The van der Waals surface area contributed by atoms with Gasteiger partial charge in [0.15, 0.2) is 5.06 Å². The molecule has 0 spiro atoms. The third kappa shape index (κ3) is 2.81. The summed E-state index contributed by atoms with van der Waals surface area (Å²) in [5.74, 6) is 0. The summed E-state index contributed by atoms with van der Waals surface area (Å²) < 4.78 is 9.84. The molecular weight excluding hydrogens is 212 g/mol. The van der Waals surface area contributed by atoms with Crippen LogP contribution in [0.15, 0.2) is 29.0 Å². The van der Waals surface area contributed by atoms with Crippen molar-refractivity contribution in [3.63, 3.8) is 0 Å². The van der Waals surface area contributed by atoms with Crippen LogP contribution in [0.5, 0.6) is 5.06 Å². The minimum atomic E-state index is 0.719. The van der Waals surface area contributed by atoms with Crippen LogP contribution in [0.4, 0.5) is 0 Å². The summed E-state index contributed by atoms with van der Waals surface area (Å²) >= 11 is 1.64. The lowest BCUT2D eigenvalue weighted by Gasteiger charge is -1.98. The van der Waals surface area contributed by atoms with Crippen LogP contribution in [0.1, 0.15) is 10.6 Å². The Morgan fingerprint density at radius 1 is 1.40 bits per heavy atom. The molecule has 4 nitrogen and oxygen atoms in total. The summed E-state index contributed by atoms with van der Waals surface area (Å²) in [7, 11) is 1.68. The molecule has 0 bridgehead atoms. The summed E-state index contributed by atoms with van der Waals surface area (Å²) in [5.41, 5.74) is 0.915. The number of nitrogens with one attached hydrogen (secondary N) is 1. The van der Waals surface area contributed by atoms with Crippen molar-refractivity contribution < 1.29 is 9.26 Å². The number of hydrogen-bond donors (Lipinski definition) is 1. The zero-order valence-electron chi connectivity index (χ0n) is 8.40. The quantitative estimate of drug-likeness (QED) is 0.844. The SMILES string of the molecule is COc1ccc(CNCc2ccon2)s1. The molecule has 1 N–H and O–H groups in total. The molecule has 15 heavy (non-hydrogen) atoms. The number of nitrogens with zero attached hydrogens (tertiary/aromatic N) is 1. The molecular formula is C10H12N2O2S. The second kappa shape index (κ2) is 4.95. The maximum Gasteiger partial charge on any atom is 0.173 e. The summed E-state index contributed by atoms with van der Waals surface area (Å²) in [6.45, 7) is 1.54. The molecule has 2 rings (SSSR count). The largest absolute Gasteiger partial charge is 0.487 e. The third-order valence-corrected chi connectivity index (χ3v) is 2.98. The monoisotopic (exact) mass is 224 g/mol. The molecule has 0 aliphatic rings. The van der Waals surface area contributed by atoms with Crippen LogP contribution >= 0.6 is 11.3 Å². The predicted octanol–water partition coefficient (Wildman–Crippen LogP) is 2.03. The van der Waals surface area contributed by atoms with E-state index in [0.29, 0.717) is 0 Å². The van der Waals surface area contributed by atoms with E-state index in [1.165, 1.54) is 4.88 Å². The molecule has 0 unspecified atom stereocenters. The molecule has 2 heterocycles. The molecule has 0 amide bonds. The molecule has 0 fully saturated rings. The Morgan fingerprint density at radius 3 is 3.00 bits per heavy atom. The summed E-state index contributed by atoms with van der Waals surface area (Å²) in [4.78, 5) is 1.25. The van der Waals surface area contributed by atoms with Gasteiger partial charge in [0.05, 0.1) is 12.8 Å². The number of thiophene rings is 1. The lowest BCUT2D eigenvalue weighted by Crippen LogP contribution is -2.11. The fourth-order valence-electron chi connectivity index (χ4n) is 1.21. The van der Waals surface area contributed by atoms with Gasteiger partial charge >= 0.3 is 0 Å². The van der Waals surface area contributed by atoms with E-state index in [-0.39, 0.29) is 0 Å². The van der Waals surface area contributed by atoms with E-state index in [4.69, 9.17) is 9.26 Å². The van der Waals surface area contributed by atoms with Gasteiger partial charge in [-0.3, -0.25) is 0 Å². The van der Waals surface area contributed by atoms with Crippen molar-refractivity contribution in [3.8, 4) is 5.06 Å². The standard InChI is InChI=1S/C10H12N2O2S/c1-13-10-3-2-9(15-10)7-11-6-8-4-5-14-12-8/h2-5,11H,6-7H2,1H3. The third-order valence-electron chi connectivity index (χ3n) is 1.93. The normalized spacial score (nSPS) is 10.5. The predicted molar refractivity (Wildman–Crippen MR) is 57.9 cm³/mol. The van der Waals surface area contributed by atoms with E-state index in [9.17, 15) is 0 Å². The van der Waals surface area contributed by atoms with Crippen molar-refractivity contribution in [2.45, 2.75) is 13.1 Å². The average Bonchev–Trinajstić information content (AvgIpc) is 2.88. The van der Waals surface area contributed by atoms with Gasteiger partial charge in [0.25, 0.3) is 0 Å². The molecule has 0 atom stereocenters. The van der Waals surface area contributed by atoms with Gasteiger partial charge in [0, 0.05) is 24.0 Å². The van der Waals surface area contributed by atoms with E-state index in [0.717, 1.165) is 23.8 Å². The molecule has 2 aromatic heterocycles. The van der Waals surface area contributed by atoms with E-state index < -0.39 is 0 Å². The lowest BCUT2D eigenvalue weighted by atomic mass is 10.4. The summed E-state index contributed by atoms with van der Waals surface area (Å²) in [5, 5.41) is 8.02. The molecule has 2 aromatic rings. The fraction of sp³-hybridized carbons (Fsp3) is 0.300. The Kier molecular flexibility index (Phi) is 3.37. The van der Waals surface area contributed by atoms with E-state index in [2.05, 4.69) is 16.5 Å². The number of aromatic nitrogens is 1. The highest BCUT2D eigenvalue weighted by Crippen LogP contribution is 2.23. The lowest BCUT2D eigenvalue weighted by molar-refractivity contribution is 0.408. The number of rotatable bonds is 5. The summed E-state index contributed by atoms with van der Waals surface area (Å²) in [6, 6.07) is 5.87. The van der Waals surface area contributed by atoms with E-state index in [1.807, 2.05) is 12.1 Å². The fourth-order valence-corrected chi connectivity index (χ4v) is 1.99. The number of methoxy groups -OCH3 is 1. The Labute approximate surface area is 91.9 Å². The van der Waals surface area contributed by atoms with Crippen molar-refractivity contribution in [1.29, 1.82) is 0 Å². The van der Waals surface area contributed by atoms with Gasteiger partial charge in [-0.1, -0.05) is 5.16 Å². The van der Waals surface area contributed by atoms with Crippen LogP contribution in [-0.2, 0) is 13.1 Å². The maximum absolute atomic E-state index is 5.11. The summed E-state index contributed by atoms with van der Waals surface area (Å²) in [6.07, 6.45) is 1.57. The van der Waals surface area contributed by atoms with E-state index >= 15 is 0 Å². The molecule has 5 heteroatoms. The van der Waals surface area contributed by atoms with Crippen molar-refractivity contribution in [2.24, 2.45) is 0 Å². The van der Waals surface area contributed by atoms with Crippen LogP contribution in [0.25, 0.3) is 0 Å². The number of ether oxygens (including phenoxy) is 1. The molecule has 0 saturated heterocycles.